The summed E-state index contributed by atoms with van der Waals surface area (Å²) in [5.74, 6) is -0.112. The fourth-order valence-electron chi connectivity index (χ4n) is 4.42. The van der Waals surface area contributed by atoms with Gasteiger partial charge in [0.25, 0.3) is 5.91 Å². The van der Waals surface area contributed by atoms with Crippen LogP contribution in [-0.2, 0) is 12.0 Å². The molecular weight excluding hydrogens is 436 g/mol. The number of benzene rings is 1. The van der Waals surface area contributed by atoms with Crippen molar-refractivity contribution in [3.05, 3.63) is 82.6 Å². The van der Waals surface area contributed by atoms with Crippen molar-refractivity contribution >= 4 is 33.0 Å². The van der Waals surface area contributed by atoms with Crippen LogP contribution in [0, 0.1) is 0 Å². The van der Waals surface area contributed by atoms with Gasteiger partial charge in [0.15, 0.2) is 0 Å². The summed E-state index contributed by atoms with van der Waals surface area (Å²) < 4.78 is 2.73. The van der Waals surface area contributed by atoms with Crippen LogP contribution >= 0.6 is 11.3 Å². The Morgan fingerprint density at radius 3 is 2.91 bits per heavy atom. The molecule has 0 saturated carbocycles. The van der Waals surface area contributed by atoms with E-state index in [4.69, 9.17) is 4.98 Å². The highest BCUT2D eigenvalue weighted by atomic mass is 32.1. The van der Waals surface area contributed by atoms with Gasteiger partial charge in [0.1, 0.15) is 11.0 Å². The van der Waals surface area contributed by atoms with Crippen LogP contribution in [0.4, 0.5) is 0 Å². The van der Waals surface area contributed by atoms with Gasteiger partial charge in [-0.25, -0.2) is 14.5 Å². The number of hydrogen-bond donors (Lipinski definition) is 2. The summed E-state index contributed by atoms with van der Waals surface area (Å²) in [7, 11) is 0. The van der Waals surface area contributed by atoms with Crippen molar-refractivity contribution in [3.8, 4) is 0 Å². The molecule has 1 atom stereocenters. The number of carbonyl (C=O) groups is 1. The normalized spacial score (nSPS) is 16.5. The number of aromatic amines is 1. The van der Waals surface area contributed by atoms with Crippen LogP contribution in [0.3, 0.4) is 0 Å². The van der Waals surface area contributed by atoms with Crippen molar-refractivity contribution in [1.82, 2.24) is 29.5 Å². The van der Waals surface area contributed by atoms with E-state index in [0.717, 1.165) is 32.2 Å². The molecule has 1 aromatic carbocycles. The third-order valence-electron chi connectivity index (χ3n) is 6.18. The number of H-pyrrole nitrogens is 1. The smallest absolute Gasteiger partial charge is 0.258 e. The summed E-state index contributed by atoms with van der Waals surface area (Å²) >= 11 is 1.59. The maximum absolute atomic E-state index is 13.8. The zero-order valence-electron chi connectivity index (χ0n) is 18.2. The number of nitrogens with one attached hydrogen (secondary N) is 1. The Hall–Kier alpha value is -3.56. The summed E-state index contributed by atoms with van der Waals surface area (Å²) in [6.07, 6.45) is 5.75. The monoisotopic (exact) mass is 458 g/mol. The van der Waals surface area contributed by atoms with Gasteiger partial charge in [0.05, 0.1) is 45.1 Å². The van der Waals surface area contributed by atoms with Crippen molar-refractivity contribution < 1.29 is 9.90 Å². The number of hydrogen-bond acceptors (Lipinski definition) is 6. The van der Waals surface area contributed by atoms with Crippen molar-refractivity contribution in [1.29, 1.82) is 0 Å². The molecule has 1 aliphatic heterocycles. The highest BCUT2D eigenvalue weighted by Crippen LogP contribution is 2.38. The van der Waals surface area contributed by atoms with Crippen LogP contribution in [-0.4, -0.2) is 47.0 Å². The van der Waals surface area contributed by atoms with Gasteiger partial charge in [-0.1, -0.05) is 18.2 Å². The molecule has 5 heterocycles. The Balaban J connectivity index is 1.44. The quantitative estimate of drug-likeness (QED) is 0.430. The lowest BCUT2D eigenvalue weighted by Crippen LogP contribution is -2.40. The number of rotatable bonds is 3. The molecule has 33 heavy (non-hydrogen) atoms. The second-order valence-corrected chi connectivity index (χ2v) is 9.86. The largest absolute Gasteiger partial charge is 0.386 e. The summed E-state index contributed by atoms with van der Waals surface area (Å²) in [5.41, 5.74) is 3.75. The van der Waals surface area contributed by atoms with E-state index < -0.39 is 5.60 Å². The molecule has 0 unspecified atom stereocenters. The topological polar surface area (TPSA) is 99.4 Å². The molecule has 1 amide bonds. The van der Waals surface area contributed by atoms with Gasteiger partial charge < -0.3 is 15.0 Å². The number of aliphatic hydroxyl groups is 1. The Kier molecular flexibility index (Phi) is 4.40. The van der Waals surface area contributed by atoms with Crippen molar-refractivity contribution in [2.45, 2.75) is 31.9 Å². The molecule has 4 aromatic heterocycles. The Morgan fingerprint density at radius 1 is 1.24 bits per heavy atom. The molecule has 0 fully saturated rings. The molecule has 9 heteroatoms. The number of aromatic nitrogens is 5. The third-order valence-corrected chi connectivity index (χ3v) is 7.27. The van der Waals surface area contributed by atoms with E-state index >= 15 is 0 Å². The van der Waals surface area contributed by atoms with Crippen LogP contribution in [0.25, 0.3) is 15.7 Å². The molecular formula is C24H22N6O2S. The van der Waals surface area contributed by atoms with Gasteiger partial charge in [-0.05, 0) is 32.0 Å². The Labute approximate surface area is 193 Å². The number of fused-ring (bicyclic) bond motifs is 3. The SMILES string of the molecule is CC(C)(O)c1ccc2c(C(=O)N3CCc4[nH]cnc4[C@H]3c3nc4ccccc4s3)cnn2c1. The van der Waals surface area contributed by atoms with Gasteiger partial charge in [-0.2, -0.15) is 5.10 Å². The van der Waals surface area contributed by atoms with E-state index in [1.54, 1.807) is 48.4 Å². The van der Waals surface area contributed by atoms with E-state index in [1.807, 2.05) is 41.3 Å². The number of pyridine rings is 1. The minimum absolute atomic E-state index is 0.112. The van der Waals surface area contributed by atoms with E-state index in [0.29, 0.717) is 24.0 Å². The first-order chi connectivity index (χ1) is 15.9. The third kappa shape index (κ3) is 3.23. The fraction of sp³-hybridized carbons (Fsp3) is 0.250. The average molecular weight is 459 g/mol. The van der Waals surface area contributed by atoms with Crippen molar-refractivity contribution in [2.75, 3.05) is 6.54 Å². The van der Waals surface area contributed by atoms with E-state index in [2.05, 4.69) is 15.1 Å². The lowest BCUT2D eigenvalue weighted by atomic mass is 10.00. The zero-order valence-corrected chi connectivity index (χ0v) is 19.0. The molecule has 6 rings (SSSR count). The molecule has 166 valence electrons. The van der Waals surface area contributed by atoms with Crippen LogP contribution < -0.4 is 0 Å². The summed E-state index contributed by atoms with van der Waals surface area (Å²) in [5, 5.41) is 15.6. The predicted octanol–water partition coefficient (Wildman–Crippen LogP) is 3.68. The van der Waals surface area contributed by atoms with Gasteiger partial charge in [0, 0.05) is 30.4 Å². The first-order valence-electron chi connectivity index (χ1n) is 10.8. The van der Waals surface area contributed by atoms with Crippen LogP contribution in [0.2, 0.25) is 0 Å². The number of thiazole rings is 1. The van der Waals surface area contributed by atoms with Crippen LogP contribution in [0.15, 0.2) is 55.1 Å². The van der Waals surface area contributed by atoms with Gasteiger partial charge in [-0.15, -0.1) is 11.3 Å². The maximum Gasteiger partial charge on any atom is 0.258 e. The van der Waals surface area contributed by atoms with Crippen LogP contribution in [0.5, 0.6) is 0 Å². The van der Waals surface area contributed by atoms with Gasteiger partial charge >= 0.3 is 0 Å². The minimum Gasteiger partial charge on any atom is -0.386 e. The number of carbonyl (C=O) groups excluding carboxylic acids is 1. The summed E-state index contributed by atoms with van der Waals surface area (Å²) in [6.45, 7) is 4.00. The second-order valence-electron chi connectivity index (χ2n) is 8.80. The second kappa shape index (κ2) is 7.23. The van der Waals surface area contributed by atoms with E-state index in [1.165, 1.54) is 0 Å². The lowest BCUT2D eigenvalue weighted by molar-refractivity contribution is 0.0692. The van der Waals surface area contributed by atoms with Gasteiger partial charge in [-0.3, -0.25) is 4.79 Å². The summed E-state index contributed by atoms with van der Waals surface area (Å²) in [6, 6.07) is 11.3. The molecule has 5 aromatic rings. The molecule has 8 nitrogen and oxygen atoms in total. The first kappa shape index (κ1) is 20.1. The molecule has 1 aliphatic rings. The molecule has 2 N–H and O–H groups in total. The highest BCUT2D eigenvalue weighted by molar-refractivity contribution is 7.18. The standard InChI is InChI=1S/C24H22N6O2S/c1-24(2,32)14-7-8-18-15(11-27-30(18)12-14)23(31)29-10-9-17-20(26-13-25-17)21(29)22-28-16-5-3-4-6-19(16)33-22/h3-8,11-13,21,32H,9-10H2,1-2H3,(H,25,26)/t21-/m0/s1. The number of para-hydroxylation sites is 1. The zero-order chi connectivity index (χ0) is 22.7. The number of nitrogens with zero attached hydrogens (tertiary/aromatic N) is 5. The number of imidazole rings is 1. The Bertz CT molecular complexity index is 1480. The molecule has 0 aliphatic carbocycles. The highest BCUT2D eigenvalue weighted by Gasteiger charge is 2.37. The van der Waals surface area contributed by atoms with Crippen molar-refractivity contribution in [3.63, 3.8) is 0 Å². The van der Waals surface area contributed by atoms with Crippen LogP contribution in [0.1, 0.15) is 52.2 Å². The maximum atomic E-state index is 13.8. The molecule has 0 saturated heterocycles. The average Bonchev–Trinajstić information content (AvgIpc) is 3.54. The molecule has 0 radical (unpaired) electrons. The molecule has 0 spiro atoms. The summed E-state index contributed by atoms with van der Waals surface area (Å²) in [4.78, 5) is 28.3. The van der Waals surface area contributed by atoms with E-state index in [9.17, 15) is 9.90 Å². The number of amides is 1. The minimum atomic E-state index is -0.995. The predicted molar refractivity (Wildman–Crippen MR) is 125 cm³/mol. The first-order valence-corrected chi connectivity index (χ1v) is 11.6. The lowest BCUT2D eigenvalue weighted by Gasteiger charge is -2.33. The fourth-order valence-corrected chi connectivity index (χ4v) is 5.50. The Morgan fingerprint density at radius 2 is 2.09 bits per heavy atom. The van der Waals surface area contributed by atoms with E-state index in [-0.39, 0.29) is 11.9 Å². The molecule has 0 bridgehead atoms. The van der Waals surface area contributed by atoms with Gasteiger partial charge in [0.2, 0.25) is 0 Å². The van der Waals surface area contributed by atoms with Crippen molar-refractivity contribution in [2.24, 2.45) is 0 Å².